The summed E-state index contributed by atoms with van der Waals surface area (Å²) in [5, 5.41) is 0.743. The first kappa shape index (κ1) is 10.7. The molecule has 0 N–H and O–H groups in total. The molecule has 0 unspecified atom stereocenters. The molecule has 0 atom stereocenters. The van der Waals surface area contributed by atoms with Crippen LogP contribution in [0.4, 0.5) is 0 Å². The van der Waals surface area contributed by atoms with Gasteiger partial charge < -0.3 is 0 Å². The fraction of sp³-hybridized carbons (Fsp3) is 1.00. The molecule has 0 aromatic rings. The summed E-state index contributed by atoms with van der Waals surface area (Å²) in [5.41, 5.74) is 0. The molecule has 0 heterocycles. The summed E-state index contributed by atoms with van der Waals surface area (Å²) in [5.74, 6) is 0. The van der Waals surface area contributed by atoms with Crippen LogP contribution in [0.3, 0.4) is 0 Å². The van der Waals surface area contributed by atoms with Gasteiger partial charge in [0.05, 0.1) is 0 Å². The van der Waals surface area contributed by atoms with Gasteiger partial charge in [-0.15, -0.1) is 0 Å². The molecule has 60 valence electrons. The Morgan fingerprint density at radius 2 is 1.00 bits per heavy atom. The van der Waals surface area contributed by atoms with Gasteiger partial charge in [0.1, 0.15) is 0 Å². The van der Waals surface area contributed by atoms with E-state index < -0.39 is 0 Å². The summed E-state index contributed by atoms with van der Waals surface area (Å²) in [6.07, 6.45) is 0. The summed E-state index contributed by atoms with van der Waals surface area (Å²) < 4.78 is 0. The third-order valence-corrected chi connectivity index (χ3v) is 7.41. The molecule has 0 aliphatic rings. The fourth-order valence-electron chi connectivity index (χ4n) is 1.01. The Morgan fingerprint density at radius 3 is 1.00 bits per heavy atom. The first-order valence-electron chi connectivity index (χ1n) is 3.65. The molecular formula is C8H18P2. The van der Waals surface area contributed by atoms with E-state index in [1.165, 1.54) is 0 Å². The molecule has 0 aliphatic carbocycles. The predicted octanol–water partition coefficient (Wildman–Crippen LogP) is 4.39. The van der Waals surface area contributed by atoms with Crippen LogP contribution in [-0.2, 0) is 0 Å². The molecule has 2 heteroatoms. The van der Waals surface area contributed by atoms with Crippen molar-refractivity contribution in [2.24, 2.45) is 0 Å². The second-order valence-electron chi connectivity index (χ2n) is 4.65. The summed E-state index contributed by atoms with van der Waals surface area (Å²) in [7, 11) is 4.49. The summed E-state index contributed by atoms with van der Waals surface area (Å²) in [6, 6.07) is 0. The normalized spacial score (nSPS) is 13.3. The predicted molar refractivity (Wildman–Crippen MR) is 53.3 cm³/mol. The second kappa shape index (κ2) is 3.00. The molecule has 0 bridgehead atoms. The molecule has 0 spiro atoms. The van der Waals surface area contributed by atoms with Crippen LogP contribution in [-0.4, -0.2) is 10.3 Å². The van der Waals surface area contributed by atoms with Crippen LogP contribution < -0.4 is 0 Å². The molecular weight excluding hydrogens is 158 g/mol. The quantitative estimate of drug-likeness (QED) is 0.480. The van der Waals surface area contributed by atoms with Crippen LogP contribution >= 0.6 is 15.4 Å². The maximum absolute atomic E-state index is 4.66. The average molecular weight is 176 g/mol. The molecule has 0 amide bonds. The van der Waals surface area contributed by atoms with Crippen molar-refractivity contribution >= 4 is 15.4 Å². The van der Waals surface area contributed by atoms with E-state index in [1.807, 2.05) is 0 Å². The molecule has 0 nitrogen and oxygen atoms in total. The van der Waals surface area contributed by atoms with Crippen LogP contribution in [0.5, 0.6) is 0 Å². The standard InChI is InChI=1S/C8H18P2/c1-7(2,3)10(9)8(4,5)6/h1-6H3. The average Bonchev–Trinajstić information content (AvgIpc) is 1.59. The van der Waals surface area contributed by atoms with Gasteiger partial charge in [0.15, 0.2) is 0 Å². The van der Waals surface area contributed by atoms with Gasteiger partial charge >= 0.3 is 67.2 Å². The first-order valence-corrected chi connectivity index (χ1v) is 6.14. The summed E-state index contributed by atoms with van der Waals surface area (Å²) >= 11 is 0. The first-order chi connectivity index (χ1) is 4.15. The number of hydrogen-bond acceptors (Lipinski definition) is 0. The molecule has 0 aromatic heterocycles. The van der Waals surface area contributed by atoms with Crippen molar-refractivity contribution in [3.8, 4) is 0 Å². The van der Waals surface area contributed by atoms with Crippen LogP contribution in [0, 0.1) is 0 Å². The van der Waals surface area contributed by atoms with Gasteiger partial charge in [0.25, 0.3) is 0 Å². The molecule has 0 rings (SSSR count). The zero-order chi connectivity index (χ0) is 8.58. The molecule has 0 aliphatic heterocycles. The van der Waals surface area contributed by atoms with E-state index in [2.05, 4.69) is 49.9 Å². The monoisotopic (exact) mass is 176 g/mol. The zero-order valence-corrected chi connectivity index (χ0v) is 9.68. The van der Waals surface area contributed by atoms with Gasteiger partial charge in [-0.1, -0.05) is 0 Å². The minimum atomic E-state index is -0.168. The van der Waals surface area contributed by atoms with Crippen LogP contribution in [0.1, 0.15) is 41.5 Å². The topological polar surface area (TPSA) is 0 Å². The van der Waals surface area contributed by atoms with Crippen molar-refractivity contribution < 1.29 is 0 Å². The fourth-order valence-corrected chi connectivity index (χ4v) is 3.02. The Labute approximate surface area is 67.8 Å². The molecule has 0 saturated carbocycles. The van der Waals surface area contributed by atoms with Crippen molar-refractivity contribution in [3.05, 3.63) is 0 Å². The van der Waals surface area contributed by atoms with E-state index in [-0.39, 0.29) is 7.02 Å². The third kappa shape index (κ3) is 3.22. The molecule has 0 radical (unpaired) electrons. The zero-order valence-electron chi connectivity index (χ0n) is 7.89. The summed E-state index contributed by atoms with van der Waals surface area (Å²) in [6.45, 7) is 13.6. The molecule has 0 fully saturated rings. The van der Waals surface area contributed by atoms with Crippen LogP contribution in [0.2, 0.25) is 0 Å². The SMILES string of the molecule is CC(C)(C)P(#P)C(C)(C)C. The van der Waals surface area contributed by atoms with Gasteiger partial charge in [-0.2, -0.15) is 0 Å². The Bertz CT molecular complexity index is 152. The Balaban J connectivity index is 4.46. The molecule has 10 heavy (non-hydrogen) atoms. The van der Waals surface area contributed by atoms with Gasteiger partial charge in [-0.3, -0.25) is 0 Å². The third-order valence-electron chi connectivity index (χ3n) is 1.27. The Morgan fingerprint density at radius 1 is 0.800 bits per heavy atom. The van der Waals surface area contributed by atoms with E-state index in [0.717, 1.165) is 0 Å². The van der Waals surface area contributed by atoms with Crippen molar-refractivity contribution in [2.75, 3.05) is 0 Å². The minimum absolute atomic E-state index is 0.168. The van der Waals surface area contributed by atoms with Gasteiger partial charge in [-0.25, -0.2) is 0 Å². The van der Waals surface area contributed by atoms with Gasteiger partial charge in [-0.05, 0) is 0 Å². The van der Waals surface area contributed by atoms with E-state index in [0.29, 0.717) is 10.3 Å². The summed E-state index contributed by atoms with van der Waals surface area (Å²) in [4.78, 5) is 0. The van der Waals surface area contributed by atoms with E-state index >= 15 is 0 Å². The van der Waals surface area contributed by atoms with Gasteiger partial charge in [0.2, 0.25) is 0 Å². The Kier molecular flexibility index (Phi) is 3.22. The van der Waals surface area contributed by atoms with Gasteiger partial charge in [0, 0.05) is 0 Å². The molecule has 0 aromatic carbocycles. The van der Waals surface area contributed by atoms with Crippen LogP contribution in [0.15, 0.2) is 0 Å². The van der Waals surface area contributed by atoms with Crippen molar-refractivity contribution in [1.82, 2.24) is 0 Å². The van der Waals surface area contributed by atoms with Crippen molar-refractivity contribution in [2.45, 2.75) is 51.9 Å². The number of hydrogen-bond donors (Lipinski definition) is 0. The number of rotatable bonds is 0. The Hall–Kier alpha value is 0.730. The van der Waals surface area contributed by atoms with E-state index in [4.69, 9.17) is 0 Å². The van der Waals surface area contributed by atoms with E-state index in [1.54, 1.807) is 0 Å². The second-order valence-corrected chi connectivity index (χ2v) is 9.16. The van der Waals surface area contributed by atoms with E-state index in [9.17, 15) is 0 Å². The molecule has 0 saturated heterocycles. The van der Waals surface area contributed by atoms with Crippen molar-refractivity contribution in [1.29, 1.82) is 0 Å². The maximum atomic E-state index is 4.66. The van der Waals surface area contributed by atoms with Crippen LogP contribution in [0.25, 0.3) is 0 Å². The van der Waals surface area contributed by atoms with Crippen molar-refractivity contribution in [3.63, 3.8) is 0 Å².